The molecule has 0 aliphatic rings. The fourth-order valence-electron chi connectivity index (χ4n) is 2.78. The fourth-order valence-corrected chi connectivity index (χ4v) is 2.78. The monoisotopic (exact) mass is 337 g/mol. The van der Waals surface area contributed by atoms with Crippen LogP contribution in [0.15, 0.2) is 59.5 Å². The number of aromatic carboxylic acids is 1. The highest BCUT2D eigenvalue weighted by molar-refractivity contribution is 5.92. The van der Waals surface area contributed by atoms with Crippen LogP contribution in [0.1, 0.15) is 21.5 Å². The summed E-state index contributed by atoms with van der Waals surface area (Å²) in [6.45, 7) is 2.23. The van der Waals surface area contributed by atoms with Gasteiger partial charge in [0.1, 0.15) is 11.4 Å². The van der Waals surface area contributed by atoms with E-state index >= 15 is 0 Å². The SMILES string of the molecule is Cc1ccccc1/C=C/Cn1cc(C(=O)O)c(=O)c2cccc(F)c21. The van der Waals surface area contributed by atoms with Crippen LogP contribution in [-0.4, -0.2) is 15.6 Å². The Balaban J connectivity index is 2.09. The first-order chi connectivity index (χ1) is 12.0. The van der Waals surface area contributed by atoms with Crippen molar-refractivity contribution in [3.8, 4) is 0 Å². The van der Waals surface area contributed by atoms with Crippen molar-refractivity contribution in [3.05, 3.63) is 87.5 Å². The number of rotatable bonds is 4. The lowest BCUT2D eigenvalue weighted by Gasteiger charge is -2.11. The van der Waals surface area contributed by atoms with Crippen LogP contribution >= 0.6 is 0 Å². The molecule has 0 saturated carbocycles. The molecule has 0 aliphatic carbocycles. The molecule has 1 aromatic heterocycles. The standard InChI is InChI=1S/C20H16FNO3/c1-13-6-2-3-7-14(13)8-5-11-22-12-16(20(24)25)19(23)15-9-4-10-17(21)18(15)22/h2-10,12H,11H2,1H3,(H,24,25)/b8-5+. The van der Waals surface area contributed by atoms with Crippen LogP contribution in [0.4, 0.5) is 4.39 Å². The van der Waals surface area contributed by atoms with Gasteiger partial charge in [0.25, 0.3) is 0 Å². The van der Waals surface area contributed by atoms with Crippen molar-refractivity contribution in [1.29, 1.82) is 0 Å². The van der Waals surface area contributed by atoms with Gasteiger partial charge in [-0.25, -0.2) is 9.18 Å². The molecular formula is C20H16FNO3. The molecule has 0 amide bonds. The first-order valence-corrected chi connectivity index (χ1v) is 7.76. The number of hydrogen-bond acceptors (Lipinski definition) is 2. The summed E-state index contributed by atoms with van der Waals surface area (Å²) in [5.74, 6) is -1.89. The zero-order valence-electron chi connectivity index (χ0n) is 13.6. The zero-order valence-corrected chi connectivity index (χ0v) is 13.6. The lowest BCUT2D eigenvalue weighted by atomic mass is 10.1. The van der Waals surface area contributed by atoms with Gasteiger partial charge in [-0.1, -0.05) is 42.5 Å². The van der Waals surface area contributed by atoms with E-state index in [0.29, 0.717) is 0 Å². The van der Waals surface area contributed by atoms with Gasteiger partial charge in [0.15, 0.2) is 0 Å². The van der Waals surface area contributed by atoms with Crippen LogP contribution in [0.2, 0.25) is 0 Å². The molecule has 0 unspecified atom stereocenters. The van der Waals surface area contributed by atoms with E-state index in [1.165, 1.54) is 29.0 Å². The van der Waals surface area contributed by atoms with Crippen LogP contribution in [0.25, 0.3) is 17.0 Å². The van der Waals surface area contributed by atoms with Crippen molar-refractivity contribution in [2.24, 2.45) is 0 Å². The second kappa shape index (κ2) is 6.73. The second-order valence-corrected chi connectivity index (χ2v) is 5.72. The quantitative estimate of drug-likeness (QED) is 0.786. The van der Waals surface area contributed by atoms with Gasteiger partial charge in [0.05, 0.1) is 5.52 Å². The lowest BCUT2D eigenvalue weighted by molar-refractivity contribution is 0.0695. The molecular weight excluding hydrogens is 321 g/mol. The molecule has 0 fully saturated rings. The lowest BCUT2D eigenvalue weighted by Crippen LogP contribution is -2.19. The minimum absolute atomic E-state index is 0.0594. The van der Waals surface area contributed by atoms with Gasteiger partial charge in [0.2, 0.25) is 5.43 Å². The number of carboxylic acids is 1. The number of hydrogen-bond donors (Lipinski definition) is 1. The first kappa shape index (κ1) is 16.6. The number of pyridine rings is 1. The summed E-state index contributed by atoms with van der Waals surface area (Å²) in [7, 11) is 0. The Kier molecular flexibility index (Phi) is 4.48. The van der Waals surface area contributed by atoms with Gasteiger partial charge in [-0.2, -0.15) is 0 Å². The number of para-hydroxylation sites is 1. The minimum Gasteiger partial charge on any atom is -0.477 e. The number of carbonyl (C=O) groups is 1. The van der Waals surface area contributed by atoms with Gasteiger partial charge >= 0.3 is 5.97 Å². The summed E-state index contributed by atoms with van der Waals surface area (Å²) in [6.07, 6.45) is 4.89. The molecule has 3 aromatic rings. The molecule has 126 valence electrons. The van der Waals surface area contributed by atoms with Gasteiger partial charge in [-0.15, -0.1) is 0 Å². The maximum absolute atomic E-state index is 14.2. The number of aromatic nitrogens is 1. The topological polar surface area (TPSA) is 59.3 Å². The van der Waals surface area contributed by atoms with E-state index in [4.69, 9.17) is 0 Å². The Bertz CT molecular complexity index is 1050. The van der Waals surface area contributed by atoms with E-state index in [2.05, 4.69) is 0 Å². The van der Waals surface area contributed by atoms with Gasteiger partial charge < -0.3 is 9.67 Å². The number of allylic oxidation sites excluding steroid dienone is 1. The number of fused-ring (bicyclic) bond motifs is 1. The molecule has 0 atom stereocenters. The summed E-state index contributed by atoms with van der Waals surface area (Å²) < 4.78 is 15.7. The summed E-state index contributed by atoms with van der Waals surface area (Å²) in [5.41, 5.74) is 1.17. The molecule has 25 heavy (non-hydrogen) atoms. The van der Waals surface area contributed by atoms with Crippen LogP contribution in [0, 0.1) is 12.7 Å². The van der Waals surface area contributed by atoms with E-state index in [0.717, 1.165) is 11.1 Å². The molecule has 3 rings (SSSR count). The molecule has 0 aliphatic heterocycles. The molecule has 5 heteroatoms. The molecule has 1 heterocycles. The third-order valence-corrected chi connectivity index (χ3v) is 4.07. The van der Waals surface area contributed by atoms with E-state index in [1.54, 1.807) is 0 Å². The predicted molar refractivity (Wildman–Crippen MR) is 95.3 cm³/mol. The van der Waals surface area contributed by atoms with E-state index in [9.17, 15) is 19.1 Å². The first-order valence-electron chi connectivity index (χ1n) is 7.76. The average Bonchev–Trinajstić information content (AvgIpc) is 2.58. The summed E-state index contributed by atoms with van der Waals surface area (Å²) in [5, 5.41) is 9.29. The molecule has 0 bridgehead atoms. The van der Waals surface area contributed by atoms with Gasteiger partial charge in [-0.05, 0) is 30.2 Å². The minimum atomic E-state index is -1.33. The Labute approximate surface area is 143 Å². The smallest absolute Gasteiger partial charge is 0.341 e. The Hall–Kier alpha value is -3.21. The summed E-state index contributed by atoms with van der Waals surface area (Å²) in [4.78, 5) is 23.6. The Morgan fingerprint density at radius 2 is 1.96 bits per heavy atom. The molecule has 4 nitrogen and oxygen atoms in total. The van der Waals surface area contributed by atoms with E-state index < -0.39 is 17.2 Å². The average molecular weight is 337 g/mol. The van der Waals surface area contributed by atoms with Crippen molar-refractivity contribution >= 4 is 22.9 Å². The number of aryl methyl sites for hydroxylation is 1. The Morgan fingerprint density at radius 3 is 2.68 bits per heavy atom. The third kappa shape index (κ3) is 3.21. The van der Waals surface area contributed by atoms with Crippen molar-refractivity contribution < 1.29 is 14.3 Å². The van der Waals surface area contributed by atoms with Crippen LogP contribution < -0.4 is 5.43 Å². The Morgan fingerprint density at radius 1 is 1.20 bits per heavy atom. The molecule has 0 spiro atoms. The maximum atomic E-state index is 14.2. The van der Waals surface area contributed by atoms with Crippen molar-refractivity contribution in [2.75, 3.05) is 0 Å². The largest absolute Gasteiger partial charge is 0.477 e. The highest BCUT2D eigenvalue weighted by Gasteiger charge is 2.16. The number of nitrogens with zero attached hydrogens (tertiary/aromatic N) is 1. The van der Waals surface area contributed by atoms with Crippen molar-refractivity contribution in [1.82, 2.24) is 4.57 Å². The highest BCUT2D eigenvalue weighted by Crippen LogP contribution is 2.17. The summed E-state index contributed by atoms with van der Waals surface area (Å²) in [6, 6.07) is 11.9. The molecule has 2 aromatic carbocycles. The molecule has 0 saturated heterocycles. The fraction of sp³-hybridized carbons (Fsp3) is 0.100. The number of halogens is 1. The second-order valence-electron chi connectivity index (χ2n) is 5.72. The normalized spacial score (nSPS) is 11.3. The van der Waals surface area contributed by atoms with E-state index in [1.807, 2.05) is 43.3 Å². The number of carboxylic acid groups (broad SMARTS) is 1. The number of benzene rings is 2. The molecule has 0 radical (unpaired) electrons. The van der Waals surface area contributed by atoms with Crippen LogP contribution in [-0.2, 0) is 6.54 Å². The van der Waals surface area contributed by atoms with E-state index in [-0.39, 0.29) is 23.0 Å². The highest BCUT2D eigenvalue weighted by atomic mass is 19.1. The van der Waals surface area contributed by atoms with Gasteiger partial charge in [0, 0.05) is 18.1 Å². The van der Waals surface area contributed by atoms with Crippen molar-refractivity contribution in [3.63, 3.8) is 0 Å². The van der Waals surface area contributed by atoms with Crippen molar-refractivity contribution in [2.45, 2.75) is 13.5 Å². The maximum Gasteiger partial charge on any atom is 0.341 e. The molecule has 1 N–H and O–H groups in total. The third-order valence-electron chi connectivity index (χ3n) is 4.07. The zero-order chi connectivity index (χ0) is 18.0. The van der Waals surface area contributed by atoms with Crippen LogP contribution in [0.3, 0.4) is 0 Å². The predicted octanol–water partition coefficient (Wildman–Crippen LogP) is 3.86. The van der Waals surface area contributed by atoms with Crippen LogP contribution in [0.5, 0.6) is 0 Å². The summed E-state index contributed by atoms with van der Waals surface area (Å²) >= 11 is 0. The van der Waals surface area contributed by atoms with Gasteiger partial charge in [-0.3, -0.25) is 4.79 Å².